The van der Waals surface area contributed by atoms with Crippen molar-refractivity contribution in [3.05, 3.63) is 22.7 Å². The van der Waals surface area contributed by atoms with Crippen LogP contribution in [-0.4, -0.2) is 33.1 Å². The lowest BCUT2D eigenvalue weighted by atomic mass is 10.5. The molecule has 0 aliphatic carbocycles. The average molecular weight is 229 g/mol. The Bertz CT molecular complexity index is 389. The number of hydrogen-bond acceptors (Lipinski definition) is 6. The van der Waals surface area contributed by atoms with Crippen molar-refractivity contribution >= 4 is 17.6 Å². The number of nitrogens with zero attached hydrogens (tertiary/aromatic N) is 2. The molecular weight excluding hydrogens is 218 g/mol. The molecule has 7 heteroatoms. The molecule has 6 nitrogen and oxygen atoms in total. The summed E-state index contributed by atoms with van der Waals surface area (Å²) >= 11 is 1.63. The number of hydrogen-bond donors (Lipinski definition) is 2. The molecule has 0 amide bonds. The lowest BCUT2D eigenvalue weighted by Crippen LogP contribution is -2.28. The average Bonchev–Trinajstić information content (AvgIpc) is 2.71. The fourth-order valence-electron chi connectivity index (χ4n) is 1.30. The summed E-state index contributed by atoms with van der Waals surface area (Å²) in [5.74, 6) is 1.73. The smallest absolute Gasteiger partial charge is 0.351 e. The van der Waals surface area contributed by atoms with Gasteiger partial charge in [0.15, 0.2) is 0 Å². The second kappa shape index (κ2) is 4.65. The largest absolute Gasteiger partial charge is 0.377 e. The summed E-state index contributed by atoms with van der Waals surface area (Å²) in [6.07, 6.45) is 1.39. The van der Waals surface area contributed by atoms with Crippen LogP contribution in [0.15, 0.2) is 17.1 Å². The van der Waals surface area contributed by atoms with E-state index in [0.717, 1.165) is 5.75 Å². The van der Waals surface area contributed by atoms with Crippen molar-refractivity contribution in [2.24, 2.45) is 0 Å². The van der Waals surface area contributed by atoms with E-state index >= 15 is 0 Å². The normalized spacial score (nSPS) is 20.5. The Kier molecular flexibility index (Phi) is 3.24. The molecule has 0 aromatic carbocycles. The fraction of sp³-hybridized carbons (Fsp3) is 0.500. The Morgan fingerprint density at radius 3 is 3.27 bits per heavy atom. The number of nitrogens with one attached hydrogen (secondary N) is 1. The summed E-state index contributed by atoms with van der Waals surface area (Å²) in [4.78, 5) is 15.3. The first-order valence-corrected chi connectivity index (χ1v) is 5.60. The molecular formula is C8H11N3O3S. The van der Waals surface area contributed by atoms with Gasteiger partial charge in [-0.3, -0.25) is 4.57 Å². The number of aromatic nitrogens is 2. The van der Waals surface area contributed by atoms with Crippen LogP contribution in [0.25, 0.3) is 0 Å². The Balaban J connectivity index is 2.22. The van der Waals surface area contributed by atoms with Crippen molar-refractivity contribution in [3.8, 4) is 0 Å². The van der Waals surface area contributed by atoms with Gasteiger partial charge in [0.25, 0.3) is 0 Å². The first kappa shape index (κ1) is 10.5. The van der Waals surface area contributed by atoms with Crippen molar-refractivity contribution in [2.45, 2.75) is 6.23 Å². The van der Waals surface area contributed by atoms with Gasteiger partial charge in [0.2, 0.25) is 0 Å². The third kappa shape index (κ3) is 2.31. The number of ether oxygens (including phenoxy) is 1. The maximum absolute atomic E-state index is 11.5. The van der Waals surface area contributed by atoms with Crippen molar-refractivity contribution < 1.29 is 9.84 Å². The van der Waals surface area contributed by atoms with Gasteiger partial charge in [-0.1, -0.05) is 0 Å². The van der Waals surface area contributed by atoms with Gasteiger partial charge in [-0.05, 0) is 6.07 Å². The summed E-state index contributed by atoms with van der Waals surface area (Å²) in [5, 5.41) is 11.2. The van der Waals surface area contributed by atoms with Crippen LogP contribution < -0.4 is 11.0 Å². The Labute approximate surface area is 90.3 Å². The standard InChI is InChI=1S/C8H11N3O3S/c12-4-9-6-1-2-11(8(13)10-6)7-3-15-5-14-7/h1-2,7,12H,3-5H2,(H,9,10,13). The van der Waals surface area contributed by atoms with E-state index in [0.29, 0.717) is 11.8 Å². The Morgan fingerprint density at radius 2 is 2.67 bits per heavy atom. The van der Waals surface area contributed by atoms with Crippen LogP contribution in [0, 0.1) is 0 Å². The SMILES string of the molecule is O=c1nc(NCO)ccn1C1CSCO1. The zero-order valence-corrected chi connectivity index (χ0v) is 8.74. The summed E-state index contributed by atoms with van der Waals surface area (Å²) in [6.45, 7) is -0.244. The molecule has 1 aliphatic heterocycles. The predicted octanol–water partition coefficient (Wildman–Crippen LogP) is -0.176. The molecule has 1 atom stereocenters. The van der Waals surface area contributed by atoms with Crippen molar-refractivity contribution in [1.82, 2.24) is 9.55 Å². The molecule has 2 N–H and O–H groups in total. The summed E-state index contributed by atoms with van der Waals surface area (Å²) in [6, 6.07) is 1.63. The van der Waals surface area contributed by atoms with E-state index in [2.05, 4.69) is 10.3 Å². The molecule has 1 fully saturated rings. The van der Waals surface area contributed by atoms with Gasteiger partial charge in [-0.25, -0.2) is 4.79 Å². The van der Waals surface area contributed by atoms with Gasteiger partial charge in [0, 0.05) is 11.9 Å². The number of anilines is 1. The quantitative estimate of drug-likeness (QED) is 0.700. The van der Waals surface area contributed by atoms with Crippen LogP contribution in [0.1, 0.15) is 6.23 Å². The number of aliphatic hydroxyl groups excluding tert-OH is 1. The van der Waals surface area contributed by atoms with Crippen LogP contribution in [0.2, 0.25) is 0 Å². The predicted molar refractivity (Wildman–Crippen MR) is 56.7 cm³/mol. The van der Waals surface area contributed by atoms with Crippen LogP contribution in [-0.2, 0) is 4.74 Å². The molecule has 2 rings (SSSR count). The number of rotatable bonds is 3. The van der Waals surface area contributed by atoms with Gasteiger partial charge in [0.1, 0.15) is 18.8 Å². The molecule has 1 aliphatic rings. The Hall–Kier alpha value is -1.05. The summed E-state index contributed by atoms with van der Waals surface area (Å²) in [7, 11) is 0. The fourth-order valence-corrected chi connectivity index (χ4v) is 2.10. The monoisotopic (exact) mass is 229 g/mol. The van der Waals surface area contributed by atoms with E-state index in [-0.39, 0.29) is 18.6 Å². The molecule has 1 unspecified atom stereocenters. The molecule has 1 aromatic heterocycles. The van der Waals surface area contributed by atoms with Crippen molar-refractivity contribution in [1.29, 1.82) is 0 Å². The topological polar surface area (TPSA) is 76.4 Å². The van der Waals surface area contributed by atoms with Gasteiger partial charge in [-0.15, -0.1) is 11.8 Å². The van der Waals surface area contributed by atoms with E-state index < -0.39 is 0 Å². The lowest BCUT2D eigenvalue weighted by molar-refractivity contribution is 0.0639. The molecule has 2 heterocycles. The van der Waals surface area contributed by atoms with E-state index in [1.165, 1.54) is 4.57 Å². The maximum atomic E-state index is 11.5. The second-order valence-corrected chi connectivity index (χ2v) is 3.92. The number of aliphatic hydroxyl groups is 1. The Morgan fingerprint density at radius 1 is 1.80 bits per heavy atom. The van der Waals surface area contributed by atoms with Crippen LogP contribution >= 0.6 is 11.8 Å². The van der Waals surface area contributed by atoms with E-state index in [1.807, 2.05) is 0 Å². The van der Waals surface area contributed by atoms with Crippen molar-refractivity contribution in [3.63, 3.8) is 0 Å². The van der Waals surface area contributed by atoms with Gasteiger partial charge in [-0.2, -0.15) is 4.98 Å². The molecule has 0 saturated carbocycles. The molecule has 1 saturated heterocycles. The zero-order valence-electron chi connectivity index (χ0n) is 7.92. The highest BCUT2D eigenvalue weighted by molar-refractivity contribution is 7.99. The molecule has 15 heavy (non-hydrogen) atoms. The first-order chi connectivity index (χ1) is 7.31. The molecule has 82 valence electrons. The maximum Gasteiger partial charge on any atom is 0.351 e. The highest BCUT2D eigenvalue weighted by Crippen LogP contribution is 2.23. The van der Waals surface area contributed by atoms with Crippen LogP contribution in [0.3, 0.4) is 0 Å². The molecule has 0 radical (unpaired) electrons. The zero-order chi connectivity index (χ0) is 10.7. The third-order valence-corrected chi connectivity index (χ3v) is 2.83. The first-order valence-electron chi connectivity index (χ1n) is 4.44. The molecule has 1 aromatic rings. The molecule has 0 bridgehead atoms. The lowest BCUT2D eigenvalue weighted by Gasteiger charge is -2.11. The number of thioether (sulfide) groups is 1. The third-order valence-electron chi connectivity index (χ3n) is 2.00. The van der Waals surface area contributed by atoms with Gasteiger partial charge < -0.3 is 15.2 Å². The van der Waals surface area contributed by atoms with E-state index in [1.54, 1.807) is 24.0 Å². The van der Waals surface area contributed by atoms with E-state index in [9.17, 15) is 4.79 Å². The second-order valence-electron chi connectivity index (χ2n) is 2.95. The van der Waals surface area contributed by atoms with Crippen molar-refractivity contribution in [2.75, 3.05) is 23.7 Å². The summed E-state index contributed by atoms with van der Waals surface area (Å²) < 4.78 is 6.78. The van der Waals surface area contributed by atoms with Crippen LogP contribution in [0.5, 0.6) is 0 Å². The highest BCUT2D eigenvalue weighted by Gasteiger charge is 2.19. The minimum absolute atomic E-state index is 0.224. The van der Waals surface area contributed by atoms with Crippen LogP contribution in [0.4, 0.5) is 5.82 Å². The van der Waals surface area contributed by atoms with Gasteiger partial charge >= 0.3 is 5.69 Å². The minimum Gasteiger partial charge on any atom is -0.377 e. The van der Waals surface area contributed by atoms with E-state index in [4.69, 9.17) is 9.84 Å². The highest BCUT2D eigenvalue weighted by atomic mass is 32.2. The summed E-state index contributed by atoms with van der Waals surface area (Å²) in [5.41, 5.74) is -0.374. The van der Waals surface area contributed by atoms with Gasteiger partial charge in [0.05, 0.1) is 5.94 Å². The minimum atomic E-state index is -0.374. The molecule has 0 spiro atoms.